The van der Waals surface area contributed by atoms with Gasteiger partial charge in [0.1, 0.15) is 0 Å². The predicted octanol–water partition coefficient (Wildman–Crippen LogP) is 11.8. The summed E-state index contributed by atoms with van der Waals surface area (Å²) in [6, 6.07) is 52.7. The van der Waals surface area contributed by atoms with Gasteiger partial charge < -0.3 is 9.47 Å². The molecule has 0 saturated heterocycles. The van der Waals surface area contributed by atoms with Crippen LogP contribution in [-0.4, -0.2) is 4.57 Å². The number of para-hydroxylation sites is 3. The van der Waals surface area contributed by atoms with Crippen LogP contribution in [0.4, 0.5) is 17.1 Å². The zero-order valence-electron chi connectivity index (χ0n) is 22.6. The first kappa shape index (κ1) is 23.8. The highest BCUT2D eigenvalue weighted by molar-refractivity contribution is 7.36. The molecule has 0 fully saturated rings. The first-order chi connectivity index (χ1) is 20.8. The SMILES string of the molecule is c1ccc(N(c2ccc3c(c2)sc2c4ccccc4sc32)c2ccc3c(c2)c2ccccc2n3-c2ccccc2)cc1. The van der Waals surface area contributed by atoms with Crippen LogP contribution in [0.2, 0.25) is 0 Å². The van der Waals surface area contributed by atoms with Crippen molar-refractivity contribution in [3.05, 3.63) is 146 Å². The molecule has 0 amide bonds. The van der Waals surface area contributed by atoms with Gasteiger partial charge in [-0.25, -0.2) is 0 Å². The van der Waals surface area contributed by atoms with Gasteiger partial charge in [0.25, 0.3) is 0 Å². The number of rotatable bonds is 4. The minimum Gasteiger partial charge on any atom is -0.310 e. The molecule has 0 radical (unpaired) electrons. The number of hydrogen-bond acceptors (Lipinski definition) is 3. The summed E-state index contributed by atoms with van der Waals surface area (Å²) in [6.45, 7) is 0. The number of hydrogen-bond donors (Lipinski definition) is 0. The quantitative estimate of drug-likeness (QED) is 0.204. The van der Waals surface area contributed by atoms with Crippen molar-refractivity contribution >= 4 is 91.1 Å². The van der Waals surface area contributed by atoms with Crippen molar-refractivity contribution in [3.8, 4) is 5.69 Å². The van der Waals surface area contributed by atoms with Crippen LogP contribution in [0.3, 0.4) is 0 Å². The number of anilines is 3. The summed E-state index contributed by atoms with van der Waals surface area (Å²) in [5.41, 5.74) is 7.05. The van der Waals surface area contributed by atoms with Crippen LogP contribution in [-0.2, 0) is 0 Å². The Kier molecular flexibility index (Phi) is 5.27. The molecule has 0 N–H and O–H groups in total. The molecule has 0 atom stereocenters. The third kappa shape index (κ3) is 3.56. The third-order valence-electron chi connectivity index (χ3n) is 8.17. The van der Waals surface area contributed by atoms with Gasteiger partial charge in [-0.2, -0.15) is 0 Å². The van der Waals surface area contributed by atoms with Crippen molar-refractivity contribution in [2.24, 2.45) is 0 Å². The Labute approximate surface area is 250 Å². The fraction of sp³-hybridized carbons (Fsp3) is 0. The van der Waals surface area contributed by atoms with Crippen LogP contribution >= 0.6 is 22.7 Å². The van der Waals surface area contributed by atoms with Gasteiger partial charge >= 0.3 is 0 Å². The highest BCUT2D eigenvalue weighted by atomic mass is 32.1. The van der Waals surface area contributed by atoms with Gasteiger partial charge in [0.15, 0.2) is 0 Å². The predicted molar refractivity (Wildman–Crippen MR) is 184 cm³/mol. The summed E-state index contributed by atoms with van der Waals surface area (Å²) < 4.78 is 7.84. The number of benzene rings is 6. The molecule has 42 heavy (non-hydrogen) atoms. The zero-order chi connectivity index (χ0) is 27.6. The van der Waals surface area contributed by atoms with E-state index in [4.69, 9.17) is 0 Å². The smallest absolute Gasteiger partial charge is 0.0542 e. The Bertz CT molecular complexity index is 2410. The Morgan fingerprint density at radius 3 is 1.83 bits per heavy atom. The van der Waals surface area contributed by atoms with Gasteiger partial charge in [-0.3, -0.25) is 0 Å². The summed E-state index contributed by atoms with van der Waals surface area (Å²) in [6.07, 6.45) is 0. The van der Waals surface area contributed by atoms with E-state index in [0.717, 1.165) is 17.1 Å². The number of fused-ring (bicyclic) bond motifs is 8. The summed E-state index contributed by atoms with van der Waals surface area (Å²) in [4.78, 5) is 2.39. The molecule has 9 aromatic rings. The highest BCUT2D eigenvalue weighted by Crippen LogP contribution is 2.46. The highest BCUT2D eigenvalue weighted by Gasteiger charge is 2.19. The Balaban J connectivity index is 1.26. The maximum absolute atomic E-state index is 2.39. The largest absolute Gasteiger partial charge is 0.310 e. The fourth-order valence-corrected chi connectivity index (χ4v) is 9.00. The second-order valence-corrected chi connectivity index (χ2v) is 12.7. The minimum absolute atomic E-state index is 1.15. The first-order valence-corrected chi connectivity index (χ1v) is 15.7. The fourth-order valence-electron chi connectivity index (χ4n) is 6.31. The molecule has 6 aromatic carbocycles. The molecule has 0 saturated carbocycles. The van der Waals surface area contributed by atoms with Crippen molar-refractivity contribution in [1.29, 1.82) is 0 Å². The lowest BCUT2D eigenvalue weighted by Gasteiger charge is -2.25. The lowest BCUT2D eigenvalue weighted by atomic mass is 10.1. The van der Waals surface area contributed by atoms with Gasteiger partial charge in [-0.15, -0.1) is 22.7 Å². The van der Waals surface area contributed by atoms with Crippen LogP contribution in [0.25, 0.3) is 57.1 Å². The zero-order valence-corrected chi connectivity index (χ0v) is 24.2. The van der Waals surface area contributed by atoms with Gasteiger partial charge in [-0.05, 0) is 66.7 Å². The van der Waals surface area contributed by atoms with Crippen LogP contribution in [0.1, 0.15) is 0 Å². The van der Waals surface area contributed by atoms with Crippen molar-refractivity contribution in [1.82, 2.24) is 4.57 Å². The summed E-state index contributed by atoms with van der Waals surface area (Å²) in [5.74, 6) is 0. The first-order valence-electron chi connectivity index (χ1n) is 14.1. The van der Waals surface area contributed by atoms with Crippen molar-refractivity contribution in [2.45, 2.75) is 0 Å². The van der Waals surface area contributed by atoms with E-state index in [1.54, 1.807) is 0 Å². The second-order valence-electron chi connectivity index (χ2n) is 10.6. The molecule has 0 aliphatic heterocycles. The lowest BCUT2D eigenvalue weighted by molar-refractivity contribution is 1.18. The summed E-state index contributed by atoms with van der Waals surface area (Å²) in [5, 5.41) is 5.21. The van der Waals surface area contributed by atoms with E-state index in [-0.39, 0.29) is 0 Å². The molecule has 0 aliphatic carbocycles. The summed E-state index contributed by atoms with van der Waals surface area (Å²) in [7, 11) is 0. The van der Waals surface area contributed by atoms with Crippen LogP contribution in [0, 0.1) is 0 Å². The van der Waals surface area contributed by atoms with E-state index in [2.05, 4.69) is 155 Å². The Hall–Kier alpha value is -4.90. The Morgan fingerprint density at radius 1 is 0.405 bits per heavy atom. The second kappa shape index (κ2) is 9.31. The molecule has 198 valence electrons. The average Bonchev–Trinajstić information content (AvgIpc) is 3.70. The monoisotopic (exact) mass is 572 g/mol. The van der Waals surface area contributed by atoms with Gasteiger partial charge in [0, 0.05) is 53.7 Å². The van der Waals surface area contributed by atoms with Gasteiger partial charge in [0.05, 0.1) is 20.4 Å². The van der Waals surface area contributed by atoms with E-state index in [0.29, 0.717) is 0 Å². The van der Waals surface area contributed by atoms with Gasteiger partial charge in [0.2, 0.25) is 0 Å². The Morgan fingerprint density at radius 2 is 1.00 bits per heavy atom. The van der Waals surface area contributed by atoms with E-state index in [1.165, 1.54) is 57.1 Å². The van der Waals surface area contributed by atoms with Crippen LogP contribution in [0.5, 0.6) is 0 Å². The maximum atomic E-state index is 2.39. The molecule has 0 unspecified atom stereocenters. The molecule has 2 nitrogen and oxygen atoms in total. The molecule has 0 spiro atoms. The average molecular weight is 573 g/mol. The van der Waals surface area contributed by atoms with Crippen molar-refractivity contribution in [3.63, 3.8) is 0 Å². The van der Waals surface area contributed by atoms with E-state index < -0.39 is 0 Å². The molecular formula is C38H24N2S2. The van der Waals surface area contributed by atoms with E-state index in [9.17, 15) is 0 Å². The number of nitrogens with zero attached hydrogens (tertiary/aromatic N) is 2. The molecule has 4 heteroatoms. The standard InChI is InChI=1S/C38H24N2S2/c1-3-11-25(12-4-1)39(28-19-21-31-36(24-28)42-37-30-16-8-10-18-35(30)41-38(31)37)27-20-22-34-32(23-27)29-15-7-9-17-33(29)40(34)26-13-5-2-6-14-26/h1-24H. The van der Waals surface area contributed by atoms with Crippen molar-refractivity contribution < 1.29 is 0 Å². The number of aromatic nitrogens is 1. The normalized spacial score (nSPS) is 11.8. The summed E-state index contributed by atoms with van der Waals surface area (Å²) >= 11 is 3.81. The van der Waals surface area contributed by atoms with E-state index in [1.807, 2.05) is 22.7 Å². The van der Waals surface area contributed by atoms with Crippen LogP contribution < -0.4 is 4.90 Å². The third-order valence-corrected chi connectivity index (χ3v) is 10.7. The molecular weight excluding hydrogens is 549 g/mol. The number of thiophene rings is 2. The molecule has 0 aliphatic rings. The molecule has 0 bridgehead atoms. The molecule has 3 aromatic heterocycles. The minimum atomic E-state index is 1.15. The molecule has 9 rings (SSSR count). The van der Waals surface area contributed by atoms with Gasteiger partial charge in [-0.1, -0.05) is 78.9 Å². The van der Waals surface area contributed by atoms with Crippen molar-refractivity contribution in [2.75, 3.05) is 4.90 Å². The molecule has 3 heterocycles. The maximum Gasteiger partial charge on any atom is 0.0542 e. The topological polar surface area (TPSA) is 8.17 Å². The van der Waals surface area contributed by atoms with E-state index >= 15 is 0 Å². The lowest BCUT2D eigenvalue weighted by Crippen LogP contribution is -2.09. The van der Waals surface area contributed by atoms with Crippen LogP contribution in [0.15, 0.2) is 146 Å².